The van der Waals surface area contributed by atoms with Gasteiger partial charge in [-0.1, -0.05) is 23.2 Å². The first-order valence-electron chi connectivity index (χ1n) is 6.18. The summed E-state index contributed by atoms with van der Waals surface area (Å²) in [5, 5.41) is 6.32. The first kappa shape index (κ1) is 14.9. The van der Waals surface area contributed by atoms with E-state index in [-0.39, 0.29) is 24.5 Å². The van der Waals surface area contributed by atoms with Crippen LogP contribution in [0.5, 0.6) is 5.75 Å². The summed E-state index contributed by atoms with van der Waals surface area (Å²) < 4.78 is 5.30. The third-order valence-corrected chi connectivity index (χ3v) is 3.41. The number of hydrogen-bond donors (Lipinski definition) is 2. The zero-order chi connectivity index (χ0) is 14.5. The van der Waals surface area contributed by atoms with Gasteiger partial charge in [0.25, 0.3) is 5.91 Å². The predicted molar refractivity (Wildman–Crippen MR) is 76.1 cm³/mol. The fourth-order valence-electron chi connectivity index (χ4n) is 1.85. The highest BCUT2D eigenvalue weighted by molar-refractivity contribution is 6.35. The van der Waals surface area contributed by atoms with Gasteiger partial charge in [-0.15, -0.1) is 0 Å². The zero-order valence-electron chi connectivity index (χ0n) is 10.6. The molecule has 1 atom stereocenters. The van der Waals surface area contributed by atoms with Crippen molar-refractivity contribution in [3.05, 3.63) is 28.2 Å². The highest BCUT2D eigenvalue weighted by atomic mass is 35.5. The summed E-state index contributed by atoms with van der Waals surface area (Å²) in [7, 11) is 0. The molecule has 1 aromatic rings. The van der Waals surface area contributed by atoms with Gasteiger partial charge < -0.3 is 15.4 Å². The van der Waals surface area contributed by atoms with Crippen LogP contribution >= 0.6 is 23.2 Å². The van der Waals surface area contributed by atoms with E-state index in [2.05, 4.69) is 10.6 Å². The van der Waals surface area contributed by atoms with Crippen LogP contribution < -0.4 is 15.4 Å². The minimum absolute atomic E-state index is 0.00516. The van der Waals surface area contributed by atoms with Crippen LogP contribution in [0.3, 0.4) is 0 Å². The smallest absolute Gasteiger partial charge is 0.258 e. The van der Waals surface area contributed by atoms with Crippen LogP contribution in [0.15, 0.2) is 18.2 Å². The van der Waals surface area contributed by atoms with E-state index in [1.165, 1.54) is 0 Å². The number of amides is 2. The van der Waals surface area contributed by atoms with Gasteiger partial charge in [0.05, 0.1) is 5.02 Å². The van der Waals surface area contributed by atoms with E-state index in [1.54, 1.807) is 18.2 Å². The molecule has 2 rings (SSSR count). The Morgan fingerprint density at radius 3 is 2.90 bits per heavy atom. The summed E-state index contributed by atoms with van der Waals surface area (Å²) in [5.74, 6) is 0.158. The lowest BCUT2D eigenvalue weighted by Crippen LogP contribution is -2.40. The van der Waals surface area contributed by atoms with Crippen molar-refractivity contribution < 1.29 is 14.3 Å². The molecule has 1 unspecified atom stereocenters. The van der Waals surface area contributed by atoms with Crippen LogP contribution in [0, 0.1) is 0 Å². The van der Waals surface area contributed by atoms with Gasteiger partial charge in [-0.05, 0) is 24.6 Å². The predicted octanol–water partition coefficient (Wildman–Crippen LogP) is 1.77. The maximum atomic E-state index is 11.6. The highest BCUT2D eigenvalue weighted by Crippen LogP contribution is 2.27. The second kappa shape index (κ2) is 6.81. The normalized spacial score (nSPS) is 17.7. The largest absolute Gasteiger partial charge is 0.482 e. The van der Waals surface area contributed by atoms with E-state index < -0.39 is 0 Å². The second-order valence-corrected chi connectivity index (χ2v) is 5.31. The lowest BCUT2D eigenvalue weighted by atomic mass is 10.2. The Morgan fingerprint density at radius 1 is 1.45 bits per heavy atom. The summed E-state index contributed by atoms with van der Waals surface area (Å²) in [5.41, 5.74) is 0. The molecule has 5 nitrogen and oxygen atoms in total. The minimum Gasteiger partial charge on any atom is -0.482 e. The topological polar surface area (TPSA) is 67.4 Å². The molecule has 2 amide bonds. The van der Waals surface area contributed by atoms with Crippen molar-refractivity contribution in [2.45, 2.75) is 18.9 Å². The van der Waals surface area contributed by atoms with Crippen molar-refractivity contribution in [3.63, 3.8) is 0 Å². The third kappa shape index (κ3) is 4.28. The Morgan fingerprint density at radius 2 is 2.25 bits per heavy atom. The van der Waals surface area contributed by atoms with Gasteiger partial charge in [-0.3, -0.25) is 9.59 Å². The van der Waals surface area contributed by atoms with Crippen LogP contribution in [-0.4, -0.2) is 31.0 Å². The molecule has 0 aromatic heterocycles. The van der Waals surface area contributed by atoms with E-state index in [0.717, 1.165) is 6.42 Å². The monoisotopic (exact) mass is 316 g/mol. The molecule has 2 N–H and O–H groups in total. The molecule has 0 aliphatic carbocycles. The standard InChI is InChI=1S/C13H14Cl2N2O3/c14-8-1-3-11(10(15)5-8)20-7-13(19)16-6-9-2-4-12(18)17-9/h1,3,5,9H,2,4,6-7H2,(H,16,19)(H,17,18). The molecule has 1 fully saturated rings. The number of hydrogen-bond acceptors (Lipinski definition) is 3. The average Bonchev–Trinajstić information content (AvgIpc) is 2.81. The van der Waals surface area contributed by atoms with Crippen molar-refractivity contribution in [2.24, 2.45) is 0 Å². The minimum atomic E-state index is -0.267. The Labute approximate surface area is 126 Å². The molecule has 1 aliphatic rings. The van der Waals surface area contributed by atoms with E-state index in [0.29, 0.717) is 28.8 Å². The maximum absolute atomic E-state index is 11.6. The van der Waals surface area contributed by atoms with Crippen LogP contribution in [-0.2, 0) is 9.59 Å². The zero-order valence-corrected chi connectivity index (χ0v) is 12.1. The number of benzene rings is 1. The van der Waals surface area contributed by atoms with E-state index in [1.807, 2.05) is 0 Å². The van der Waals surface area contributed by atoms with Gasteiger partial charge in [0.2, 0.25) is 5.91 Å². The molecule has 1 saturated heterocycles. The van der Waals surface area contributed by atoms with Crippen molar-refractivity contribution in [1.82, 2.24) is 10.6 Å². The number of halogens is 2. The number of rotatable bonds is 5. The van der Waals surface area contributed by atoms with Crippen LogP contribution in [0.1, 0.15) is 12.8 Å². The van der Waals surface area contributed by atoms with Crippen molar-refractivity contribution >= 4 is 35.0 Å². The fraction of sp³-hybridized carbons (Fsp3) is 0.385. The van der Waals surface area contributed by atoms with Crippen LogP contribution in [0.4, 0.5) is 0 Å². The van der Waals surface area contributed by atoms with Crippen molar-refractivity contribution in [1.29, 1.82) is 0 Å². The second-order valence-electron chi connectivity index (χ2n) is 4.47. The van der Waals surface area contributed by atoms with Gasteiger partial charge in [0.1, 0.15) is 5.75 Å². The molecule has 20 heavy (non-hydrogen) atoms. The van der Waals surface area contributed by atoms with Crippen molar-refractivity contribution in [3.8, 4) is 5.75 Å². The molecular weight excluding hydrogens is 303 g/mol. The van der Waals surface area contributed by atoms with Crippen LogP contribution in [0.25, 0.3) is 0 Å². The molecule has 1 aliphatic heterocycles. The molecule has 1 aromatic carbocycles. The summed E-state index contributed by atoms with van der Waals surface area (Å²) in [4.78, 5) is 22.6. The summed E-state index contributed by atoms with van der Waals surface area (Å²) in [6.07, 6.45) is 1.25. The van der Waals surface area contributed by atoms with Gasteiger partial charge in [0, 0.05) is 24.0 Å². The molecule has 7 heteroatoms. The molecular formula is C13H14Cl2N2O3. The van der Waals surface area contributed by atoms with Gasteiger partial charge >= 0.3 is 0 Å². The Bertz CT molecular complexity index is 522. The van der Waals surface area contributed by atoms with E-state index in [9.17, 15) is 9.59 Å². The first-order valence-corrected chi connectivity index (χ1v) is 6.94. The van der Waals surface area contributed by atoms with Crippen LogP contribution in [0.2, 0.25) is 10.0 Å². The number of carbonyl (C=O) groups excluding carboxylic acids is 2. The van der Waals surface area contributed by atoms with Crippen molar-refractivity contribution in [2.75, 3.05) is 13.2 Å². The molecule has 0 saturated carbocycles. The first-order chi connectivity index (χ1) is 9.54. The lowest BCUT2D eigenvalue weighted by Gasteiger charge is -2.12. The SMILES string of the molecule is O=C(COc1ccc(Cl)cc1Cl)NCC1CCC(=O)N1. The van der Waals surface area contributed by atoms with Gasteiger partial charge in [-0.25, -0.2) is 0 Å². The third-order valence-electron chi connectivity index (χ3n) is 2.88. The summed E-state index contributed by atoms with van der Waals surface area (Å²) in [6.45, 7) is 0.268. The summed E-state index contributed by atoms with van der Waals surface area (Å²) in [6, 6.07) is 4.79. The Kier molecular flexibility index (Phi) is 5.09. The average molecular weight is 317 g/mol. The van der Waals surface area contributed by atoms with Gasteiger partial charge in [-0.2, -0.15) is 0 Å². The maximum Gasteiger partial charge on any atom is 0.258 e. The number of carbonyl (C=O) groups is 2. The fourth-order valence-corrected chi connectivity index (χ4v) is 2.32. The molecule has 0 radical (unpaired) electrons. The number of nitrogens with one attached hydrogen (secondary N) is 2. The Hall–Kier alpha value is -1.46. The van der Waals surface area contributed by atoms with E-state index in [4.69, 9.17) is 27.9 Å². The number of ether oxygens (including phenoxy) is 1. The summed E-state index contributed by atoms with van der Waals surface area (Å²) >= 11 is 11.7. The van der Waals surface area contributed by atoms with E-state index >= 15 is 0 Å². The highest BCUT2D eigenvalue weighted by Gasteiger charge is 2.20. The molecule has 0 bridgehead atoms. The lowest BCUT2D eigenvalue weighted by molar-refractivity contribution is -0.123. The quantitative estimate of drug-likeness (QED) is 0.870. The molecule has 0 spiro atoms. The molecule has 108 valence electrons. The Balaban J connectivity index is 1.73. The molecule has 1 heterocycles. The van der Waals surface area contributed by atoms with Gasteiger partial charge in [0.15, 0.2) is 6.61 Å².